The second kappa shape index (κ2) is 9.32. The molecular formula is C20H32N4O. The molecule has 1 aromatic carbocycles. The molecule has 1 aliphatic carbocycles. The molecule has 0 spiro atoms. The summed E-state index contributed by atoms with van der Waals surface area (Å²) in [5.41, 5.74) is 7.43. The van der Waals surface area contributed by atoms with E-state index in [9.17, 15) is 4.79 Å². The van der Waals surface area contributed by atoms with Crippen LogP contribution in [0, 0.1) is 5.92 Å². The molecule has 5 heteroatoms. The standard InChI is InChI=1S/C20H32N4O/c21-19-8-4-7-18(19)15-20(25)22-9-10-23-11-13-24(14-12-23)16-17-5-2-1-3-6-17/h1-3,5-6,18-19H,4,7-16,21H2,(H,22,25)/t18-,19+/m0/s1. The Morgan fingerprint density at radius 2 is 1.80 bits per heavy atom. The van der Waals surface area contributed by atoms with E-state index in [1.165, 1.54) is 12.0 Å². The Morgan fingerprint density at radius 1 is 1.08 bits per heavy atom. The van der Waals surface area contributed by atoms with E-state index in [4.69, 9.17) is 5.73 Å². The molecule has 138 valence electrons. The molecule has 2 atom stereocenters. The zero-order chi connectivity index (χ0) is 17.5. The van der Waals surface area contributed by atoms with Crippen molar-refractivity contribution in [3.63, 3.8) is 0 Å². The van der Waals surface area contributed by atoms with Crippen molar-refractivity contribution >= 4 is 5.91 Å². The van der Waals surface area contributed by atoms with E-state index in [1.54, 1.807) is 0 Å². The normalized spacial score (nSPS) is 25.2. The van der Waals surface area contributed by atoms with Crippen molar-refractivity contribution in [1.82, 2.24) is 15.1 Å². The van der Waals surface area contributed by atoms with E-state index in [0.717, 1.165) is 58.7 Å². The number of hydrogen-bond donors (Lipinski definition) is 2. The van der Waals surface area contributed by atoms with Gasteiger partial charge in [0.05, 0.1) is 0 Å². The first kappa shape index (κ1) is 18.4. The van der Waals surface area contributed by atoms with E-state index in [0.29, 0.717) is 12.3 Å². The zero-order valence-corrected chi connectivity index (χ0v) is 15.2. The SMILES string of the molecule is N[C@@H]1CCC[C@H]1CC(=O)NCCN1CCN(Cc2ccccc2)CC1. The Balaban J connectivity index is 1.28. The molecule has 3 N–H and O–H groups in total. The Hall–Kier alpha value is -1.43. The fourth-order valence-corrected chi connectivity index (χ4v) is 4.00. The van der Waals surface area contributed by atoms with Gasteiger partial charge in [-0.15, -0.1) is 0 Å². The van der Waals surface area contributed by atoms with Crippen LogP contribution < -0.4 is 11.1 Å². The topological polar surface area (TPSA) is 61.6 Å². The van der Waals surface area contributed by atoms with Gasteiger partial charge in [0, 0.05) is 58.3 Å². The van der Waals surface area contributed by atoms with Crippen LogP contribution in [0.25, 0.3) is 0 Å². The highest BCUT2D eigenvalue weighted by Crippen LogP contribution is 2.26. The summed E-state index contributed by atoms with van der Waals surface area (Å²) in [7, 11) is 0. The number of piperazine rings is 1. The summed E-state index contributed by atoms with van der Waals surface area (Å²) in [6.07, 6.45) is 3.96. The molecular weight excluding hydrogens is 312 g/mol. The summed E-state index contributed by atoms with van der Waals surface area (Å²) in [5.74, 6) is 0.562. The number of rotatable bonds is 7. The minimum Gasteiger partial charge on any atom is -0.355 e. The molecule has 1 saturated carbocycles. The summed E-state index contributed by atoms with van der Waals surface area (Å²) in [6.45, 7) is 7.08. The number of nitrogens with zero attached hydrogens (tertiary/aromatic N) is 2. The van der Waals surface area contributed by atoms with Crippen molar-refractivity contribution in [2.24, 2.45) is 11.7 Å². The number of amides is 1. The van der Waals surface area contributed by atoms with Crippen molar-refractivity contribution in [2.75, 3.05) is 39.3 Å². The van der Waals surface area contributed by atoms with Gasteiger partial charge in [-0.25, -0.2) is 0 Å². The van der Waals surface area contributed by atoms with Crippen molar-refractivity contribution in [3.8, 4) is 0 Å². The van der Waals surface area contributed by atoms with Gasteiger partial charge in [0.25, 0.3) is 0 Å². The van der Waals surface area contributed by atoms with Crippen LogP contribution in [0.1, 0.15) is 31.2 Å². The van der Waals surface area contributed by atoms with Gasteiger partial charge < -0.3 is 11.1 Å². The van der Waals surface area contributed by atoms with Crippen LogP contribution in [0.3, 0.4) is 0 Å². The summed E-state index contributed by atoms with van der Waals surface area (Å²) in [4.78, 5) is 17.0. The van der Waals surface area contributed by atoms with Crippen LogP contribution in [-0.2, 0) is 11.3 Å². The fourth-order valence-electron chi connectivity index (χ4n) is 4.00. The third kappa shape index (κ3) is 5.80. The van der Waals surface area contributed by atoms with Crippen molar-refractivity contribution in [2.45, 2.75) is 38.3 Å². The lowest BCUT2D eigenvalue weighted by Gasteiger charge is -2.34. The number of hydrogen-bond acceptors (Lipinski definition) is 4. The van der Waals surface area contributed by atoms with Gasteiger partial charge in [-0.2, -0.15) is 0 Å². The predicted molar refractivity (Wildman–Crippen MR) is 101 cm³/mol. The molecule has 1 amide bonds. The number of nitrogens with one attached hydrogen (secondary N) is 1. The second-order valence-electron chi connectivity index (χ2n) is 7.51. The predicted octanol–water partition coefficient (Wildman–Crippen LogP) is 1.44. The summed E-state index contributed by atoms with van der Waals surface area (Å²) in [6, 6.07) is 10.9. The number of carbonyl (C=O) groups is 1. The first-order valence-corrected chi connectivity index (χ1v) is 9.71. The Bertz CT molecular complexity index is 528. The van der Waals surface area contributed by atoms with Crippen LogP contribution in [-0.4, -0.2) is 61.0 Å². The third-order valence-corrected chi connectivity index (χ3v) is 5.63. The molecule has 0 radical (unpaired) electrons. The van der Waals surface area contributed by atoms with Gasteiger partial charge in [-0.3, -0.25) is 14.6 Å². The average Bonchev–Trinajstić information content (AvgIpc) is 3.02. The monoisotopic (exact) mass is 344 g/mol. The molecule has 3 rings (SSSR count). The molecule has 5 nitrogen and oxygen atoms in total. The zero-order valence-electron chi connectivity index (χ0n) is 15.2. The quantitative estimate of drug-likeness (QED) is 0.786. The lowest BCUT2D eigenvalue weighted by Crippen LogP contribution is -2.48. The Morgan fingerprint density at radius 3 is 2.48 bits per heavy atom. The van der Waals surface area contributed by atoms with Gasteiger partial charge in [0.15, 0.2) is 0 Å². The smallest absolute Gasteiger partial charge is 0.220 e. The molecule has 25 heavy (non-hydrogen) atoms. The van der Waals surface area contributed by atoms with E-state index < -0.39 is 0 Å². The molecule has 1 aliphatic heterocycles. The van der Waals surface area contributed by atoms with Gasteiger partial charge >= 0.3 is 0 Å². The molecule has 0 bridgehead atoms. The van der Waals surface area contributed by atoms with Gasteiger partial charge in [-0.05, 0) is 24.3 Å². The van der Waals surface area contributed by atoms with Gasteiger partial charge in [-0.1, -0.05) is 36.8 Å². The van der Waals surface area contributed by atoms with Crippen LogP contribution in [0.4, 0.5) is 0 Å². The maximum Gasteiger partial charge on any atom is 0.220 e. The summed E-state index contributed by atoms with van der Waals surface area (Å²) in [5, 5.41) is 3.08. The van der Waals surface area contributed by atoms with Crippen molar-refractivity contribution in [1.29, 1.82) is 0 Å². The number of carbonyl (C=O) groups excluding carboxylic acids is 1. The largest absolute Gasteiger partial charge is 0.355 e. The maximum absolute atomic E-state index is 12.0. The molecule has 0 aromatic heterocycles. The highest BCUT2D eigenvalue weighted by molar-refractivity contribution is 5.76. The Labute approximate surface area is 151 Å². The first-order valence-electron chi connectivity index (χ1n) is 9.71. The molecule has 1 saturated heterocycles. The van der Waals surface area contributed by atoms with E-state index in [-0.39, 0.29) is 11.9 Å². The van der Waals surface area contributed by atoms with Crippen LogP contribution in [0.5, 0.6) is 0 Å². The maximum atomic E-state index is 12.0. The third-order valence-electron chi connectivity index (χ3n) is 5.63. The lowest BCUT2D eigenvalue weighted by molar-refractivity contribution is -0.122. The van der Waals surface area contributed by atoms with Crippen LogP contribution in [0.2, 0.25) is 0 Å². The molecule has 2 aliphatic rings. The minimum atomic E-state index is 0.171. The molecule has 0 unspecified atom stereocenters. The van der Waals surface area contributed by atoms with Crippen molar-refractivity contribution in [3.05, 3.63) is 35.9 Å². The first-order chi connectivity index (χ1) is 12.2. The minimum absolute atomic E-state index is 0.171. The summed E-state index contributed by atoms with van der Waals surface area (Å²) < 4.78 is 0. The van der Waals surface area contributed by atoms with Crippen LogP contribution in [0.15, 0.2) is 30.3 Å². The van der Waals surface area contributed by atoms with Crippen LogP contribution >= 0.6 is 0 Å². The summed E-state index contributed by atoms with van der Waals surface area (Å²) >= 11 is 0. The Kier molecular flexibility index (Phi) is 6.84. The number of nitrogens with two attached hydrogens (primary N) is 1. The lowest BCUT2D eigenvalue weighted by atomic mass is 10.00. The van der Waals surface area contributed by atoms with Crippen molar-refractivity contribution < 1.29 is 4.79 Å². The second-order valence-corrected chi connectivity index (χ2v) is 7.51. The average molecular weight is 345 g/mol. The van der Waals surface area contributed by atoms with Gasteiger partial charge in [0.2, 0.25) is 5.91 Å². The highest BCUT2D eigenvalue weighted by Gasteiger charge is 2.26. The molecule has 2 fully saturated rings. The van der Waals surface area contributed by atoms with E-state index in [1.807, 2.05) is 0 Å². The molecule has 1 heterocycles. The number of benzene rings is 1. The molecule has 1 aromatic rings. The van der Waals surface area contributed by atoms with E-state index in [2.05, 4.69) is 45.4 Å². The highest BCUT2D eigenvalue weighted by atomic mass is 16.1. The van der Waals surface area contributed by atoms with Gasteiger partial charge in [0.1, 0.15) is 0 Å². The van der Waals surface area contributed by atoms with E-state index >= 15 is 0 Å². The fraction of sp³-hybridized carbons (Fsp3) is 0.650.